The molecular formula is C18H25BN2O9. The molecule has 7 N–H and O–H groups in total. The second kappa shape index (κ2) is 10.3. The zero-order valence-corrected chi connectivity index (χ0v) is 16.2. The van der Waals surface area contributed by atoms with Crippen molar-refractivity contribution in [3.8, 4) is 11.5 Å². The quantitative estimate of drug-likeness (QED) is 0.247. The molecular weight excluding hydrogens is 399 g/mol. The van der Waals surface area contributed by atoms with Crippen LogP contribution in [0.1, 0.15) is 35.2 Å². The van der Waals surface area contributed by atoms with Crippen molar-refractivity contribution in [2.75, 3.05) is 13.1 Å². The first-order valence-corrected chi connectivity index (χ1v) is 9.44. The zero-order valence-electron chi connectivity index (χ0n) is 16.2. The van der Waals surface area contributed by atoms with E-state index in [2.05, 4.69) is 0 Å². The molecule has 0 saturated carbocycles. The fourth-order valence-electron chi connectivity index (χ4n) is 3.07. The zero-order chi connectivity index (χ0) is 22.4. The molecule has 0 unspecified atom stereocenters. The van der Waals surface area contributed by atoms with Gasteiger partial charge in [0.15, 0.2) is 0 Å². The molecule has 0 bridgehead atoms. The highest BCUT2D eigenvalue weighted by molar-refractivity contribution is 6.41. The van der Waals surface area contributed by atoms with Gasteiger partial charge in [-0.3, -0.25) is 9.59 Å². The lowest BCUT2D eigenvalue weighted by Gasteiger charge is -2.39. The number of amides is 1. The lowest BCUT2D eigenvalue weighted by molar-refractivity contribution is -0.141. The Morgan fingerprint density at radius 2 is 1.90 bits per heavy atom. The summed E-state index contributed by atoms with van der Waals surface area (Å²) in [7, 11) is -1.58. The third kappa shape index (κ3) is 6.34. The van der Waals surface area contributed by atoms with E-state index in [0.29, 0.717) is 0 Å². The smallest absolute Gasteiger partial charge is 0.451 e. The standard InChI is InChI=1S/C18H25BN2O9/c20-11(2-4-15(23)24)7-14(22)21-8-12(9-21)30-13-3-1-10(5-6-19(28)29)17(25)16(13)18(26)27/h1,3,11-12,25,28-29H,2,4-9,20H2,(H,23,24)(H,26,27)/t11-/m0/s1. The van der Waals surface area contributed by atoms with Gasteiger partial charge >= 0.3 is 19.1 Å². The summed E-state index contributed by atoms with van der Waals surface area (Å²) in [5, 5.41) is 46.2. The average molecular weight is 424 g/mol. The number of carboxylic acid groups (broad SMARTS) is 2. The molecule has 12 heteroatoms. The first-order valence-electron chi connectivity index (χ1n) is 9.44. The number of carbonyl (C=O) groups excluding carboxylic acids is 1. The molecule has 1 aliphatic heterocycles. The Morgan fingerprint density at radius 3 is 2.47 bits per heavy atom. The minimum atomic E-state index is -1.58. The van der Waals surface area contributed by atoms with E-state index >= 15 is 0 Å². The van der Waals surface area contributed by atoms with Gasteiger partial charge in [0.05, 0.1) is 13.1 Å². The Hall–Kier alpha value is -2.83. The Morgan fingerprint density at radius 1 is 1.23 bits per heavy atom. The number of nitrogens with two attached hydrogens (primary N) is 1. The van der Waals surface area contributed by atoms with Crippen molar-refractivity contribution in [3.05, 3.63) is 23.3 Å². The Bertz CT molecular complexity index is 796. The molecule has 11 nitrogen and oxygen atoms in total. The van der Waals surface area contributed by atoms with Gasteiger partial charge in [0, 0.05) is 18.9 Å². The molecule has 1 aliphatic rings. The van der Waals surface area contributed by atoms with Crippen LogP contribution < -0.4 is 10.5 Å². The summed E-state index contributed by atoms with van der Waals surface area (Å²) in [6.45, 7) is 0.422. The third-order valence-electron chi connectivity index (χ3n) is 4.77. The van der Waals surface area contributed by atoms with Crippen molar-refractivity contribution in [1.29, 1.82) is 0 Å². The topological polar surface area (TPSA) is 191 Å². The maximum absolute atomic E-state index is 12.1. The van der Waals surface area contributed by atoms with E-state index in [0.717, 1.165) is 0 Å². The summed E-state index contributed by atoms with van der Waals surface area (Å²) < 4.78 is 5.63. The van der Waals surface area contributed by atoms with Gasteiger partial charge in [0.1, 0.15) is 23.2 Å². The summed E-state index contributed by atoms with van der Waals surface area (Å²) in [4.78, 5) is 35.7. The molecule has 1 heterocycles. The van der Waals surface area contributed by atoms with E-state index in [1.807, 2.05) is 0 Å². The van der Waals surface area contributed by atoms with Crippen LogP contribution in [-0.2, 0) is 16.0 Å². The summed E-state index contributed by atoms with van der Waals surface area (Å²) >= 11 is 0. The molecule has 1 amide bonds. The number of ether oxygens (including phenoxy) is 1. The first kappa shape index (κ1) is 23.5. The number of phenols is 1. The van der Waals surface area contributed by atoms with E-state index in [-0.39, 0.29) is 62.3 Å². The Labute approximate surface area is 172 Å². The molecule has 1 atom stereocenters. The van der Waals surface area contributed by atoms with Gasteiger partial charge in [-0.2, -0.15) is 0 Å². The number of aromatic hydroxyl groups is 1. The lowest BCUT2D eigenvalue weighted by atomic mass is 9.82. The highest BCUT2D eigenvalue weighted by Gasteiger charge is 2.34. The van der Waals surface area contributed by atoms with E-state index in [9.17, 15) is 24.6 Å². The number of likely N-dealkylation sites (tertiary alicyclic amines) is 1. The van der Waals surface area contributed by atoms with Crippen LogP contribution in [0.5, 0.6) is 11.5 Å². The van der Waals surface area contributed by atoms with Crippen LogP contribution >= 0.6 is 0 Å². The predicted molar refractivity (Wildman–Crippen MR) is 104 cm³/mol. The van der Waals surface area contributed by atoms with Crippen LogP contribution in [0.15, 0.2) is 12.1 Å². The predicted octanol–water partition coefficient (Wildman–Crippen LogP) is -0.722. The molecule has 1 fully saturated rings. The number of benzene rings is 1. The number of aliphatic carboxylic acids is 1. The number of aromatic carboxylic acids is 1. The highest BCUT2D eigenvalue weighted by Crippen LogP contribution is 2.34. The number of hydrogen-bond donors (Lipinski definition) is 6. The van der Waals surface area contributed by atoms with Crippen molar-refractivity contribution in [3.63, 3.8) is 0 Å². The van der Waals surface area contributed by atoms with Gasteiger partial charge in [-0.25, -0.2) is 4.79 Å². The van der Waals surface area contributed by atoms with Crippen LogP contribution in [0.2, 0.25) is 6.32 Å². The fourth-order valence-corrected chi connectivity index (χ4v) is 3.07. The number of hydrogen-bond acceptors (Lipinski definition) is 8. The maximum Gasteiger partial charge on any atom is 0.451 e. The van der Waals surface area contributed by atoms with Crippen LogP contribution in [0.3, 0.4) is 0 Å². The van der Waals surface area contributed by atoms with E-state index in [1.54, 1.807) is 0 Å². The second-order valence-corrected chi connectivity index (χ2v) is 7.21. The third-order valence-corrected chi connectivity index (χ3v) is 4.77. The number of carbonyl (C=O) groups is 3. The van der Waals surface area contributed by atoms with Gasteiger partial charge in [-0.1, -0.05) is 6.07 Å². The maximum atomic E-state index is 12.1. The van der Waals surface area contributed by atoms with Gasteiger partial charge in [-0.05, 0) is 30.8 Å². The van der Waals surface area contributed by atoms with Gasteiger partial charge in [0.25, 0.3) is 0 Å². The normalized spacial score (nSPS) is 14.7. The fraction of sp³-hybridized carbons (Fsp3) is 0.500. The molecule has 1 aromatic carbocycles. The summed E-state index contributed by atoms with van der Waals surface area (Å²) in [6.07, 6.45) is -0.386. The lowest BCUT2D eigenvalue weighted by Crippen LogP contribution is -2.57. The number of carboxylic acids is 2. The van der Waals surface area contributed by atoms with Gasteiger partial charge < -0.3 is 40.7 Å². The molecule has 1 aromatic rings. The van der Waals surface area contributed by atoms with Crippen molar-refractivity contribution in [2.45, 2.75) is 44.1 Å². The average Bonchev–Trinajstić information content (AvgIpc) is 2.61. The summed E-state index contributed by atoms with van der Waals surface area (Å²) in [5.41, 5.74) is 5.57. The molecule has 0 radical (unpaired) electrons. The van der Waals surface area contributed by atoms with Crippen LogP contribution in [0, 0.1) is 0 Å². The first-order chi connectivity index (χ1) is 14.1. The second-order valence-electron chi connectivity index (χ2n) is 7.21. The molecule has 164 valence electrons. The summed E-state index contributed by atoms with van der Waals surface area (Å²) in [6, 6.07) is 2.27. The number of aryl methyl sites for hydroxylation is 1. The minimum Gasteiger partial charge on any atom is -0.507 e. The van der Waals surface area contributed by atoms with Crippen LogP contribution in [0.25, 0.3) is 0 Å². The van der Waals surface area contributed by atoms with Gasteiger partial charge in [-0.15, -0.1) is 0 Å². The van der Waals surface area contributed by atoms with Crippen molar-refractivity contribution >= 4 is 25.0 Å². The van der Waals surface area contributed by atoms with Crippen molar-refractivity contribution in [1.82, 2.24) is 4.90 Å². The van der Waals surface area contributed by atoms with E-state index in [1.165, 1.54) is 17.0 Å². The van der Waals surface area contributed by atoms with Gasteiger partial charge in [0.2, 0.25) is 5.91 Å². The Kier molecular flexibility index (Phi) is 8.04. The van der Waals surface area contributed by atoms with E-state index in [4.69, 9.17) is 25.6 Å². The SMILES string of the molecule is N[C@@H](CCC(=O)O)CC(=O)N1CC(Oc2ccc(CCB(O)O)c(O)c2C(=O)O)C1. The monoisotopic (exact) mass is 424 g/mol. The number of nitrogens with zero attached hydrogens (tertiary/aromatic N) is 1. The summed E-state index contributed by atoms with van der Waals surface area (Å²) in [5.74, 6) is -3.18. The molecule has 0 spiro atoms. The molecule has 2 rings (SSSR count). The molecule has 0 aliphatic carbocycles. The van der Waals surface area contributed by atoms with Crippen molar-refractivity contribution in [2.24, 2.45) is 5.73 Å². The minimum absolute atomic E-state index is 0.00652. The largest absolute Gasteiger partial charge is 0.507 e. The molecule has 0 aromatic heterocycles. The van der Waals surface area contributed by atoms with Crippen LogP contribution in [-0.4, -0.2) is 80.5 Å². The highest BCUT2D eigenvalue weighted by atomic mass is 16.5. The number of rotatable bonds is 11. The van der Waals surface area contributed by atoms with Crippen molar-refractivity contribution < 1.29 is 44.5 Å². The Balaban J connectivity index is 1.93. The molecule has 1 saturated heterocycles. The molecule has 30 heavy (non-hydrogen) atoms. The van der Waals surface area contributed by atoms with E-state index < -0.39 is 42.5 Å². The van der Waals surface area contributed by atoms with Crippen LogP contribution in [0.4, 0.5) is 0 Å².